The average molecular weight is 359 g/mol. The molecule has 0 fully saturated rings. The number of benzene rings is 2. The molecule has 27 heavy (non-hydrogen) atoms. The van der Waals surface area contributed by atoms with Gasteiger partial charge in [0.1, 0.15) is 0 Å². The van der Waals surface area contributed by atoms with Gasteiger partial charge < -0.3 is 4.98 Å². The number of hydrogen-bond donors (Lipinski definition) is 1. The minimum absolute atomic E-state index is 0.260. The minimum Gasteiger partial charge on any atom is -0.354 e. The molecule has 1 atom stereocenters. The molecule has 1 aromatic heterocycles. The lowest BCUT2D eigenvalue weighted by atomic mass is 9.90. The van der Waals surface area contributed by atoms with Crippen molar-refractivity contribution in [1.29, 1.82) is 0 Å². The first-order valence-electron chi connectivity index (χ1n) is 8.73. The van der Waals surface area contributed by atoms with Crippen molar-refractivity contribution in [2.75, 3.05) is 6.54 Å². The third-order valence-electron chi connectivity index (χ3n) is 4.49. The highest BCUT2D eigenvalue weighted by Crippen LogP contribution is 2.39. The number of fused-ring (bicyclic) bond motifs is 1. The minimum atomic E-state index is -0.514. The molecule has 1 unspecified atom stereocenters. The molecule has 5 heteroatoms. The Labute approximate surface area is 157 Å². The van der Waals surface area contributed by atoms with Crippen LogP contribution in [0, 0.1) is 10.1 Å². The summed E-state index contributed by atoms with van der Waals surface area (Å²) in [4.78, 5) is 18.7. The van der Waals surface area contributed by atoms with E-state index in [4.69, 9.17) is 0 Å². The number of hydrogen-bond acceptors (Lipinski definition) is 3. The lowest BCUT2D eigenvalue weighted by Crippen LogP contribution is -2.15. The van der Waals surface area contributed by atoms with E-state index in [1.807, 2.05) is 73.7 Å². The summed E-state index contributed by atoms with van der Waals surface area (Å²) in [7, 11) is 0. The SMILES string of the molecule is C=N/C(=C\C=C/C)C(C[N+](=O)[O-])c1c(-c2ccccc2)[nH]c2ccccc12. The topological polar surface area (TPSA) is 71.3 Å². The highest BCUT2D eigenvalue weighted by Gasteiger charge is 2.28. The second-order valence-corrected chi connectivity index (χ2v) is 6.17. The van der Waals surface area contributed by atoms with Crippen LogP contribution in [0.2, 0.25) is 0 Å². The fourth-order valence-corrected chi connectivity index (χ4v) is 3.31. The quantitative estimate of drug-likeness (QED) is 0.267. The fraction of sp³-hybridized carbons (Fsp3) is 0.136. The molecular weight excluding hydrogens is 338 g/mol. The number of rotatable bonds is 7. The van der Waals surface area contributed by atoms with Crippen molar-refractivity contribution in [2.24, 2.45) is 4.99 Å². The van der Waals surface area contributed by atoms with Gasteiger partial charge in [-0.3, -0.25) is 15.1 Å². The van der Waals surface area contributed by atoms with E-state index in [9.17, 15) is 10.1 Å². The second kappa shape index (κ2) is 8.27. The van der Waals surface area contributed by atoms with Crippen molar-refractivity contribution in [3.63, 3.8) is 0 Å². The third-order valence-corrected chi connectivity index (χ3v) is 4.49. The summed E-state index contributed by atoms with van der Waals surface area (Å²) >= 11 is 0. The molecule has 0 amide bonds. The molecule has 0 aliphatic carbocycles. The van der Waals surface area contributed by atoms with Gasteiger partial charge in [-0.1, -0.05) is 60.7 Å². The van der Waals surface area contributed by atoms with Crippen molar-refractivity contribution in [2.45, 2.75) is 12.8 Å². The molecule has 0 spiro atoms. The molecule has 0 saturated heterocycles. The van der Waals surface area contributed by atoms with Gasteiger partial charge >= 0.3 is 0 Å². The Hall–Kier alpha value is -3.47. The molecule has 5 nitrogen and oxygen atoms in total. The van der Waals surface area contributed by atoms with Crippen LogP contribution < -0.4 is 0 Å². The van der Waals surface area contributed by atoms with Crippen molar-refractivity contribution in [1.82, 2.24) is 4.98 Å². The number of H-pyrrole nitrogens is 1. The summed E-state index contributed by atoms with van der Waals surface area (Å²) in [6, 6.07) is 17.7. The highest BCUT2D eigenvalue weighted by atomic mass is 16.6. The van der Waals surface area contributed by atoms with Crippen molar-refractivity contribution < 1.29 is 4.92 Å². The first-order chi connectivity index (χ1) is 13.2. The molecule has 1 N–H and O–H groups in total. The maximum Gasteiger partial charge on any atom is 0.216 e. The van der Waals surface area contributed by atoms with Gasteiger partial charge in [0.25, 0.3) is 0 Å². The fourth-order valence-electron chi connectivity index (χ4n) is 3.31. The van der Waals surface area contributed by atoms with E-state index >= 15 is 0 Å². The number of nitrogens with zero attached hydrogens (tertiary/aromatic N) is 2. The molecule has 0 saturated carbocycles. The first-order valence-corrected chi connectivity index (χ1v) is 8.73. The van der Waals surface area contributed by atoms with Crippen LogP contribution in [0.5, 0.6) is 0 Å². The average Bonchev–Trinajstić information content (AvgIpc) is 3.07. The summed E-state index contributed by atoms with van der Waals surface area (Å²) in [5.41, 5.74) is 4.24. The summed E-state index contributed by atoms with van der Waals surface area (Å²) in [6.45, 7) is 5.28. The first kappa shape index (κ1) is 18.3. The van der Waals surface area contributed by atoms with Crippen LogP contribution in [-0.2, 0) is 0 Å². The van der Waals surface area contributed by atoms with E-state index < -0.39 is 5.92 Å². The molecule has 0 radical (unpaired) electrons. The lowest BCUT2D eigenvalue weighted by Gasteiger charge is -2.15. The zero-order valence-corrected chi connectivity index (χ0v) is 15.1. The number of allylic oxidation sites excluding steroid dienone is 3. The Morgan fingerprint density at radius 3 is 2.59 bits per heavy atom. The van der Waals surface area contributed by atoms with E-state index in [-0.39, 0.29) is 11.5 Å². The largest absolute Gasteiger partial charge is 0.354 e. The van der Waals surface area contributed by atoms with Gasteiger partial charge in [-0.25, -0.2) is 0 Å². The van der Waals surface area contributed by atoms with E-state index in [1.165, 1.54) is 0 Å². The number of aliphatic imine (C=N–C) groups is 1. The van der Waals surface area contributed by atoms with Gasteiger partial charge in [-0.15, -0.1) is 0 Å². The van der Waals surface area contributed by atoms with Gasteiger partial charge in [0.15, 0.2) is 0 Å². The predicted octanol–water partition coefficient (Wildman–Crippen LogP) is 5.36. The highest BCUT2D eigenvalue weighted by molar-refractivity contribution is 5.92. The van der Waals surface area contributed by atoms with Crippen molar-refractivity contribution in [3.05, 3.63) is 94.2 Å². The molecule has 0 bridgehead atoms. The molecule has 0 aliphatic heterocycles. The van der Waals surface area contributed by atoms with Crippen LogP contribution in [0.15, 0.2) is 83.5 Å². The van der Waals surface area contributed by atoms with E-state index in [2.05, 4.69) is 16.7 Å². The number of para-hydroxylation sites is 1. The maximum atomic E-state index is 11.5. The van der Waals surface area contributed by atoms with Gasteiger partial charge in [-0.05, 0) is 31.3 Å². The van der Waals surface area contributed by atoms with Crippen LogP contribution in [0.1, 0.15) is 18.4 Å². The third kappa shape index (κ3) is 3.87. The van der Waals surface area contributed by atoms with Crippen LogP contribution in [0.4, 0.5) is 0 Å². The zero-order valence-electron chi connectivity index (χ0n) is 15.1. The lowest BCUT2D eigenvalue weighted by molar-refractivity contribution is -0.481. The molecule has 2 aromatic carbocycles. The van der Waals surface area contributed by atoms with Crippen LogP contribution in [-0.4, -0.2) is 23.2 Å². The molecule has 136 valence electrons. The van der Waals surface area contributed by atoms with Gasteiger partial charge in [0.05, 0.1) is 17.3 Å². The molecule has 3 rings (SSSR count). The normalized spacial score (nSPS) is 13.1. The van der Waals surface area contributed by atoms with Gasteiger partial charge in [-0.2, -0.15) is 0 Å². The Morgan fingerprint density at radius 1 is 1.22 bits per heavy atom. The summed E-state index contributed by atoms with van der Waals surface area (Å²) < 4.78 is 0. The molecule has 0 aliphatic rings. The Balaban J connectivity index is 2.30. The smallest absolute Gasteiger partial charge is 0.216 e. The number of aromatic nitrogens is 1. The van der Waals surface area contributed by atoms with Crippen LogP contribution in [0.25, 0.3) is 22.2 Å². The van der Waals surface area contributed by atoms with Crippen molar-refractivity contribution >= 4 is 17.6 Å². The van der Waals surface area contributed by atoms with Gasteiger partial charge in [0, 0.05) is 21.4 Å². The number of nitrogens with one attached hydrogen (secondary N) is 1. The number of aromatic amines is 1. The molecule has 3 aromatic rings. The summed E-state index contributed by atoms with van der Waals surface area (Å²) in [6.07, 6.45) is 5.48. The summed E-state index contributed by atoms with van der Waals surface area (Å²) in [5, 5.41) is 12.4. The van der Waals surface area contributed by atoms with Crippen LogP contribution in [0.3, 0.4) is 0 Å². The molecular formula is C22H21N3O2. The van der Waals surface area contributed by atoms with Crippen LogP contribution >= 0.6 is 0 Å². The predicted molar refractivity (Wildman–Crippen MR) is 111 cm³/mol. The summed E-state index contributed by atoms with van der Waals surface area (Å²) in [5.74, 6) is -0.514. The molecule has 1 heterocycles. The Morgan fingerprint density at radius 2 is 1.93 bits per heavy atom. The van der Waals surface area contributed by atoms with Crippen molar-refractivity contribution in [3.8, 4) is 11.3 Å². The zero-order chi connectivity index (χ0) is 19.2. The maximum absolute atomic E-state index is 11.5. The standard InChI is InChI=1S/C22H21N3O2/c1-3-4-13-19(23-2)18(15-25(26)27)21-17-12-8-9-14-20(17)24-22(21)16-10-6-5-7-11-16/h3-14,18,24H,2,15H2,1H3/b4-3-,19-13-. The van der Waals surface area contributed by atoms with E-state index in [0.29, 0.717) is 5.70 Å². The van der Waals surface area contributed by atoms with Gasteiger partial charge in [0.2, 0.25) is 6.54 Å². The Kier molecular flexibility index (Phi) is 5.61. The number of nitro groups is 1. The Bertz CT molecular complexity index is 1020. The van der Waals surface area contributed by atoms with E-state index in [0.717, 1.165) is 27.7 Å². The monoisotopic (exact) mass is 359 g/mol. The van der Waals surface area contributed by atoms with E-state index in [1.54, 1.807) is 6.08 Å². The second-order valence-electron chi connectivity index (χ2n) is 6.17.